The maximum absolute atomic E-state index is 12.0. The summed E-state index contributed by atoms with van der Waals surface area (Å²) in [7, 11) is 0. The standard InChI is InChI=1S/C21H19NO5/c1-12(24)4-2-7-19(25)22-13-8-9-15-17(10-13)18(11-23)14-5-3-6-16(20(14)15)21(26)27/h3,5-6,8-11,18H,2,4,7H2,1H3,(H,22,25)(H,26,27). The first-order chi connectivity index (χ1) is 12.9. The van der Waals surface area contributed by atoms with Crippen LogP contribution in [0, 0.1) is 0 Å². The van der Waals surface area contributed by atoms with Crippen molar-refractivity contribution in [1.82, 2.24) is 0 Å². The molecule has 0 aromatic heterocycles. The van der Waals surface area contributed by atoms with Gasteiger partial charge in [0.2, 0.25) is 5.91 Å². The highest BCUT2D eigenvalue weighted by atomic mass is 16.4. The number of carboxylic acid groups (broad SMARTS) is 1. The van der Waals surface area contributed by atoms with E-state index < -0.39 is 11.9 Å². The summed E-state index contributed by atoms with van der Waals surface area (Å²) in [4.78, 5) is 46.2. The summed E-state index contributed by atoms with van der Waals surface area (Å²) in [5.74, 6) is -1.78. The van der Waals surface area contributed by atoms with Crippen LogP contribution in [0.5, 0.6) is 0 Å². The lowest BCUT2D eigenvalue weighted by Gasteiger charge is -2.09. The Kier molecular flexibility index (Phi) is 5.16. The number of carbonyl (C=O) groups excluding carboxylic acids is 3. The van der Waals surface area contributed by atoms with Crippen LogP contribution in [0.1, 0.15) is 53.6 Å². The average molecular weight is 365 g/mol. The number of benzene rings is 2. The number of aromatic carboxylic acids is 1. The number of hydrogen-bond acceptors (Lipinski definition) is 4. The van der Waals surface area contributed by atoms with Gasteiger partial charge in [-0.15, -0.1) is 0 Å². The molecule has 0 aliphatic heterocycles. The Morgan fingerprint density at radius 1 is 1.11 bits per heavy atom. The lowest BCUT2D eigenvalue weighted by Crippen LogP contribution is -2.12. The van der Waals surface area contributed by atoms with Gasteiger partial charge in [-0.1, -0.05) is 18.2 Å². The summed E-state index contributed by atoms with van der Waals surface area (Å²) in [6, 6.07) is 10.0. The largest absolute Gasteiger partial charge is 0.478 e. The summed E-state index contributed by atoms with van der Waals surface area (Å²) >= 11 is 0. The van der Waals surface area contributed by atoms with Crippen molar-refractivity contribution in [2.24, 2.45) is 0 Å². The first-order valence-electron chi connectivity index (χ1n) is 8.67. The third kappa shape index (κ3) is 3.65. The third-order valence-electron chi connectivity index (χ3n) is 4.67. The van der Waals surface area contributed by atoms with Crippen LogP contribution in [0.25, 0.3) is 11.1 Å². The SMILES string of the molecule is CC(=O)CCCC(=O)Nc1ccc2c(c1)C(C=O)c1cccc(C(=O)O)c1-2. The molecule has 0 bridgehead atoms. The van der Waals surface area contributed by atoms with Crippen molar-refractivity contribution < 1.29 is 24.3 Å². The molecule has 0 saturated carbocycles. The van der Waals surface area contributed by atoms with Crippen LogP contribution in [-0.2, 0) is 14.4 Å². The molecular weight excluding hydrogens is 346 g/mol. The molecule has 0 heterocycles. The number of rotatable bonds is 7. The van der Waals surface area contributed by atoms with Gasteiger partial charge in [0.05, 0.1) is 11.5 Å². The summed E-state index contributed by atoms with van der Waals surface area (Å²) in [5, 5.41) is 12.2. The molecule has 2 aromatic carbocycles. The maximum Gasteiger partial charge on any atom is 0.336 e. The van der Waals surface area contributed by atoms with Crippen molar-refractivity contribution in [3.63, 3.8) is 0 Å². The topological polar surface area (TPSA) is 101 Å². The zero-order chi connectivity index (χ0) is 19.6. The molecule has 0 spiro atoms. The van der Waals surface area contributed by atoms with E-state index in [1.807, 2.05) is 0 Å². The Balaban J connectivity index is 1.89. The molecule has 27 heavy (non-hydrogen) atoms. The minimum atomic E-state index is -1.05. The first-order valence-corrected chi connectivity index (χ1v) is 8.67. The fourth-order valence-corrected chi connectivity index (χ4v) is 3.47. The molecule has 0 fully saturated rings. The second-order valence-electron chi connectivity index (χ2n) is 6.59. The van der Waals surface area contributed by atoms with E-state index in [0.29, 0.717) is 40.8 Å². The molecule has 0 radical (unpaired) electrons. The van der Waals surface area contributed by atoms with Crippen molar-refractivity contribution in [2.75, 3.05) is 5.32 Å². The van der Waals surface area contributed by atoms with Gasteiger partial charge < -0.3 is 20.0 Å². The summed E-state index contributed by atoms with van der Waals surface area (Å²) < 4.78 is 0. The van der Waals surface area contributed by atoms with Gasteiger partial charge in [-0.05, 0) is 48.2 Å². The molecule has 1 aliphatic carbocycles. The van der Waals surface area contributed by atoms with E-state index in [2.05, 4.69) is 5.32 Å². The van der Waals surface area contributed by atoms with Gasteiger partial charge in [0.25, 0.3) is 0 Å². The molecule has 138 valence electrons. The molecule has 1 unspecified atom stereocenters. The van der Waals surface area contributed by atoms with Crippen LogP contribution in [0.4, 0.5) is 5.69 Å². The van der Waals surface area contributed by atoms with Gasteiger partial charge in [-0.25, -0.2) is 4.79 Å². The minimum Gasteiger partial charge on any atom is -0.478 e. The molecule has 6 heteroatoms. The van der Waals surface area contributed by atoms with E-state index >= 15 is 0 Å². The van der Waals surface area contributed by atoms with Gasteiger partial charge in [-0.2, -0.15) is 0 Å². The number of amides is 1. The van der Waals surface area contributed by atoms with Gasteiger partial charge in [-0.3, -0.25) is 4.79 Å². The van der Waals surface area contributed by atoms with Crippen LogP contribution >= 0.6 is 0 Å². The number of carboxylic acids is 1. The average Bonchev–Trinajstić information content (AvgIpc) is 2.93. The quantitative estimate of drug-likeness (QED) is 0.733. The van der Waals surface area contributed by atoms with E-state index in [0.717, 1.165) is 6.29 Å². The lowest BCUT2D eigenvalue weighted by atomic mass is 9.97. The Bertz CT molecular complexity index is 948. The first kappa shape index (κ1) is 18.5. The lowest BCUT2D eigenvalue weighted by molar-refractivity contribution is -0.118. The van der Waals surface area contributed by atoms with Crippen LogP contribution in [0.2, 0.25) is 0 Å². The predicted molar refractivity (Wildman–Crippen MR) is 99.9 cm³/mol. The normalized spacial score (nSPS) is 14.2. The molecule has 1 aliphatic rings. The van der Waals surface area contributed by atoms with Crippen LogP contribution in [0.3, 0.4) is 0 Å². The molecule has 3 rings (SSSR count). The minimum absolute atomic E-state index is 0.0427. The molecule has 0 saturated heterocycles. The second kappa shape index (κ2) is 7.53. The molecule has 1 amide bonds. The van der Waals surface area contributed by atoms with Gasteiger partial charge in [0, 0.05) is 24.1 Å². The number of Topliss-reactive ketones (excluding diaryl/α,β-unsaturated/α-hetero) is 1. The number of aldehydes is 1. The molecule has 2 N–H and O–H groups in total. The Morgan fingerprint density at radius 2 is 1.89 bits per heavy atom. The summed E-state index contributed by atoms with van der Waals surface area (Å²) in [6.45, 7) is 1.49. The second-order valence-corrected chi connectivity index (χ2v) is 6.59. The van der Waals surface area contributed by atoms with Crippen molar-refractivity contribution in [3.05, 3.63) is 53.1 Å². The molecule has 2 aromatic rings. The Hall–Kier alpha value is -3.28. The number of fused-ring (bicyclic) bond motifs is 3. The molecule has 6 nitrogen and oxygen atoms in total. The van der Waals surface area contributed by atoms with E-state index in [1.165, 1.54) is 13.0 Å². The fourth-order valence-electron chi connectivity index (χ4n) is 3.47. The monoisotopic (exact) mass is 365 g/mol. The summed E-state index contributed by atoms with van der Waals surface area (Å²) in [6.07, 6.45) is 1.86. The van der Waals surface area contributed by atoms with Crippen molar-refractivity contribution >= 4 is 29.6 Å². The van der Waals surface area contributed by atoms with Crippen molar-refractivity contribution in [1.29, 1.82) is 0 Å². The molecule has 1 atom stereocenters. The Labute approximate surface area is 156 Å². The van der Waals surface area contributed by atoms with Crippen molar-refractivity contribution in [2.45, 2.75) is 32.1 Å². The zero-order valence-corrected chi connectivity index (χ0v) is 14.8. The third-order valence-corrected chi connectivity index (χ3v) is 4.67. The smallest absolute Gasteiger partial charge is 0.336 e. The van der Waals surface area contributed by atoms with E-state index in [4.69, 9.17) is 0 Å². The van der Waals surface area contributed by atoms with Crippen molar-refractivity contribution in [3.8, 4) is 11.1 Å². The van der Waals surface area contributed by atoms with E-state index in [-0.39, 0.29) is 23.7 Å². The van der Waals surface area contributed by atoms with Crippen LogP contribution < -0.4 is 5.32 Å². The zero-order valence-electron chi connectivity index (χ0n) is 14.8. The van der Waals surface area contributed by atoms with Gasteiger partial charge >= 0.3 is 5.97 Å². The number of carbonyl (C=O) groups is 4. The fraction of sp³-hybridized carbons (Fsp3) is 0.238. The Morgan fingerprint density at radius 3 is 2.56 bits per heavy atom. The van der Waals surface area contributed by atoms with Gasteiger partial charge in [0.15, 0.2) is 0 Å². The van der Waals surface area contributed by atoms with Gasteiger partial charge in [0.1, 0.15) is 12.1 Å². The summed E-state index contributed by atoms with van der Waals surface area (Å²) in [5.41, 5.74) is 3.27. The number of hydrogen-bond donors (Lipinski definition) is 2. The maximum atomic E-state index is 12.0. The van der Waals surface area contributed by atoms with E-state index in [1.54, 1.807) is 30.3 Å². The van der Waals surface area contributed by atoms with E-state index in [9.17, 15) is 24.3 Å². The highest BCUT2D eigenvalue weighted by Gasteiger charge is 2.32. The number of ketones is 1. The number of anilines is 1. The van der Waals surface area contributed by atoms with Crippen LogP contribution in [0.15, 0.2) is 36.4 Å². The number of nitrogens with one attached hydrogen (secondary N) is 1. The van der Waals surface area contributed by atoms with Crippen LogP contribution in [-0.4, -0.2) is 29.1 Å². The predicted octanol–water partition coefficient (Wildman–Crippen LogP) is 3.39. The molecular formula is C21H19NO5. The highest BCUT2D eigenvalue weighted by Crippen LogP contribution is 2.46. The highest BCUT2D eigenvalue weighted by molar-refractivity contribution is 6.02.